The van der Waals surface area contributed by atoms with Crippen LogP contribution < -0.4 is 20.1 Å². The van der Waals surface area contributed by atoms with Crippen LogP contribution in [-0.4, -0.2) is 67.6 Å². The number of benzene rings is 2. The van der Waals surface area contributed by atoms with Crippen molar-refractivity contribution in [2.45, 2.75) is 11.4 Å². The molecule has 0 saturated carbocycles. The van der Waals surface area contributed by atoms with Gasteiger partial charge in [-0.3, -0.25) is 0 Å². The maximum absolute atomic E-state index is 12.3. The highest BCUT2D eigenvalue weighted by molar-refractivity contribution is 7.89. The molecule has 0 saturated heterocycles. The molecule has 2 heterocycles. The summed E-state index contributed by atoms with van der Waals surface area (Å²) in [6.07, 6.45) is 0. The van der Waals surface area contributed by atoms with Crippen LogP contribution in [0.3, 0.4) is 0 Å². The summed E-state index contributed by atoms with van der Waals surface area (Å²) in [6, 6.07) is 9.46. The Kier molecular flexibility index (Phi) is 5.65. The molecule has 164 valence electrons. The Hall–Kier alpha value is -3.38. The summed E-state index contributed by atoms with van der Waals surface area (Å²) in [5.74, 6) is 1.24. The number of carbonyl (C=O) groups excluding carboxylic acids is 1. The van der Waals surface area contributed by atoms with Gasteiger partial charge in [0.25, 0.3) is 0 Å². The molecule has 3 aromatic rings. The fraction of sp³-hybridized carbons (Fsp3) is 0.316. The van der Waals surface area contributed by atoms with E-state index < -0.39 is 10.0 Å². The third-order valence-electron chi connectivity index (χ3n) is 4.67. The van der Waals surface area contributed by atoms with E-state index in [0.29, 0.717) is 54.5 Å². The number of amides is 2. The van der Waals surface area contributed by atoms with E-state index in [9.17, 15) is 13.2 Å². The second kappa shape index (κ2) is 8.40. The smallest absolute Gasteiger partial charge is 0.319 e. The van der Waals surface area contributed by atoms with Crippen LogP contribution in [0.15, 0.2) is 41.3 Å². The van der Waals surface area contributed by atoms with Crippen molar-refractivity contribution in [3.63, 3.8) is 0 Å². The molecule has 0 spiro atoms. The van der Waals surface area contributed by atoms with E-state index in [1.807, 2.05) is 0 Å². The number of ether oxygens (including phenoxy) is 2. The minimum absolute atomic E-state index is 0.147. The average Bonchev–Trinajstić information content (AvgIpc) is 3.16. The molecule has 1 aromatic heterocycles. The molecule has 2 N–H and O–H groups in total. The number of hydrogen-bond donors (Lipinski definition) is 2. The molecule has 0 aliphatic carbocycles. The number of fused-ring (bicyclic) bond motifs is 2. The predicted octanol–water partition coefficient (Wildman–Crippen LogP) is 1.27. The molecule has 31 heavy (non-hydrogen) atoms. The highest BCUT2D eigenvalue weighted by Gasteiger charge is 2.19. The number of hydrogen-bond acceptors (Lipinski definition) is 7. The molecule has 12 heteroatoms. The SMILES string of the molecule is CN(C)S(=O)(=O)c1ccc2c(c1)nnn2CCNC(=O)Nc1ccc2c(c1)OCCO2. The molecule has 1 aliphatic heterocycles. The molecule has 2 aromatic carbocycles. The van der Waals surface area contributed by atoms with Crippen molar-refractivity contribution in [2.24, 2.45) is 0 Å². The number of nitrogens with zero attached hydrogens (tertiary/aromatic N) is 4. The summed E-state index contributed by atoms with van der Waals surface area (Å²) < 4.78 is 38.2. The van der Waals surface area contributed by atoms with Gasteiger partial charge in [-0.1, -0.05) is 5.21 Å². The van der Waals surface area contributed by atoms with Crippen molar-refractivity contribution in [2.75, 3.05) is 39.2 Å². The monoisotopic (exact) mass is 446 g/mol. The zero-order chi connectivity index (χ0) is 22.0. The number of anilines is 1. The van der Waals surface area contributed by atoms with Crippen molar-refractivity contribution < 1.29 is 22.7 Å². The molecule has 0 atom stereocenters. The molecule has 1 aliphatic rings. The zero-order valence-electron chi connectivity index (χ0n) is 17.0. The maximum Gasteiger partial charge on any atom is 0.319 e. The maximum atomic E-state index is 12.3. The first-order valence-electron chi connectivity index (χ1n) is 9.55. The molecule has 4 rings (SSSR count). The first-order valence-corrected chi connectivity index (χ1v) is 11.0. The van der Waals surface area contributed by atoms with Crippen LogP contribution in [0.1, 0.15) is 0 Å². The van der Waals surface area contributed by atoms with Gasteiger partial charge < -0.3 is 20.1 Å². The molecule has 0 radical (unpaired) electrons. The highest BCUT2D eigenvalue weighted by Crippen LogP contribution is 2.32. The summed E-state index contributed by atoms with van der Waals surface area (Å²) in [7, 11) is -0.608. The van der Waals surface area contributed by atoms with Crippen LogP contribution >= 0.6 is 0 Å². The van der Waals surface area contributed by atoms with E-state index in [4.69, 9.17) is 9.47 Å². The molecular weight excluding hydrogens is 424 g/mol. The van der Waals surface area contributed by atoms with Crippen molar-refractivity contribution in [3.8, 4) is 11.5 Å². The van der Waals surface area contributed by atoms with Gasteiger partial charge in [0.2, 0.25) is 10.0 Å². The number of nitrogens with one attached hydrogen (secondary N) is 2. The molecule has 11 nitrogen and oxygen atoms in total. The Labute approximate surface area is 179 Å². The largest absolute Gasteiger partial charge is 0.486 e. The predicted molar refractivity (Wildman–Crippen MR) is 113 cm³/mol. The van der Waals surface area contributed by atoms with Gasteiger partial charge in [0.1, 0.15) is 18.7 Å². The lowest BCUT2D eigenvalue weighted by atomic mass is 10.2. The number of aromatic nitrogens is 3. The normalized spacial score (nSPS) is 13.4. The van der Waals surface area contributed by atoms with E-state index in [0.717, 1.165) is 4.31 Å². The van der Waals surface area contributed by atoms with Crippen LogP contribution in [0, 0.1) is 0 Å². The highest BCUT2D eigenvalue weighted by atomic mass is 32.2. The van der Waals surface area contributed by atoms with Crippen molar-refractivity contribution in [1.82, 2.24) is 24.6 Å². The Morgan fingerprint density at radius 1 is 1.13 bits per heavy atom. The minimum Gasteiger partial charge on any atom is -0.486 e. The number of urea groups is 1. The van der Waals surface area contributed by atoms with E-state index in [1.54, 1.807) is 28.9 Å². The number of rotatable bonds is 6. The molecule has 2 amide bonds. The van der Waals surface area contributed by atoms with Gasteiger partial charge in [-0.2, -0.15) is 0 Å². The van der Waals surface area contributed by atoms with Gasteiger partial charge in [-0.05, 0) is 30.3 Å². The molecule has 0 unspecified atom stereocenters. The van der Waals surface area contributed by atoms with Crippen molar-refractivity contribution >= 4 is 32.8 Å². The van der Waals surface area contributed by atoms with Crippen LogP contribution in [-0.2, 0) is 16.6 Å². The van der Waals surface area contributed by atoms with E-state index in [-0.39, 0.29) is 10.9 Å². The first-order chi connectivity index (χ1) is 14.8. The van der Waals surface area contributed by atoms with E-state index in [2.05, 4.69) is 20.9 Å². The molecule has 0 fully saturated rings. The van der Waals surface area contributed by atoms with Crippen LogP contribution in [0.2, 0.25) is 0 Å². The van der Waals surface area contributed by atoms with Crippen molar-refractivity contribution in [1.29, 1.82) is 0 Å². The van der Waals surface area contributed by atoms with E-state index in [1.165, 1.54) is 26.2 Å². The molecular formula is C19H22N6O5S. The zero-order valence-corrected chi connectivity index (χ0v) is 17.8. The Balaban J connectivity index is 1.35. The third-order valence-corrected chi connectivity index (χ3v) is 6.48. The van der Waals surface area contributed by atoms with Crippen LogP contribution in [0.4, 0.5) is 10.5 Å². The topological polar surface area (TPSA) is 128 Å². The summed E-state index contributed by atoms with van der Waals surface area (Å²) in [4.78, 5) is 12.3. The number of sulfonamides is 1. The Morgan fingerprint density at radius 2 is 1.90 bits per heavy atom. The van der Waals surface area contributed by atoms with Gasteiger partial charge in [0.05, 0.1) is 17.0 Å². The lowest BCUT2D eigenvalue weighted by Crippen LogP contribution is -2.31. The van der Waals surface area contributed by atoms with Gasteiger partial charge in [-0.25, -0.2) is 22.2 Å². The first kappa shape index (κ1) is 20.9. The van der Waals surface area contributed by atoms with Gasteiger partial charge in [-0.15, -0.1) is 5.10 Å². The number of carbonyl (C=O) groups is 1. The quantitative estimate of drug-likeness (QED) is 0.584. The summed E-state index contributed by atoms with van der Waals surface area (Å²) in [6.45, 7) is 1.64. The van der Waals surface area contributed by atoms with Gasteiger partial charge in [0.15, 0.2) is 11.5 Å². The fourth-order valence-corrected chi connectivity index (χ4v) is 3.98. The summed E-state index contributed by atoms with van der Waals surface area (Å²) >= 11 is 0. The average molecular weight is 446 g/mol. The molecule has 0 bridgehead atoms. The van der Waals surface area contributed by atoms with Crippen LogP contribution in [0.25, 0.3) is 11.0 Å². The summed E-state index contributed by atoms with van der Waals surface area (Å²) in [5, 5.41) is 13.6. The minimum atomic E-state index is -3.55. The second-order valence-corrected chi connectivity index (χ2v) is 9.14. The van der Waals surface area contributed by atoms with Crippen LogP contribution in [0.5, 0.6) is 11.5 Å². The van der Waals surface area contributed by atoms with E-state index >= 15 is 0 Å². The standard InChI is InChI=1S/C19H22N6O5S/c1-24(2)31(27,28)14-4-5-16-15(12-14)22-23-25(16)8-7-20-19(26)21-13-3-6-17-18(11-13)30-10-9-29-17/h3-6,11-12H,7-10H2,1-2H3,(H2,20,21,26). The second-order valence-electron chi connectivity index (χ2n) is 6.99. The third kappa shape index (κ3) is 4.39. The van der Waals surface area contributed by atoms with Crippen molar-refractivity contribution in [3.05, 3.63) is 36.4 Å². The lowest BCUT2D eigenvalue weighted by molar-refractivity contribution is 0.171. The Bertz CT molecular complexity index is 1220. The summed E-state index contributed by atoms with van der Waals surface area (Å²) in [5.41, 5.74) is 1.72. The van der Waals surface area contributed by atoms with Gasteiger partial charge >= 0.3 is 6.03 Å². The van der Waals surface area contributed by atoms with Gasteiger partial charge in [0, 0.05) is 32.4 Å². The fourth-order valence-electron chi connectivity index (χ4n) is 3.06. The lowest BCUT2D eigenvalue weighted by Gasteiger charge is -2.19. The Morgan fingerprint density at radius 3 is 2.68 bits per heavy atom.